The van der Waals surface area contributed by atoms with E-state index in [-0.39, 0.29) is 6.61 Å². The molecular weight excluding hydrogens is 324 g/mol. The molecule has 0 aliphatic heterocycles. The summed E-state index contributed by atoms with van der Waals surface area (Å²) in [5.41, 5.74) is 0.848. The maximum Gasteiger partial charge on any atom is 0.123 e. The first-order chi connectivity index (χ1) is 12.7. The number of ether oxygens (including phenoxy) is 2. The van der Waals surface area contributed by atoms with Gasteiger partial charge in [-0.3, -0.25) is 0 Å². The van der Waals surface area contributed by atoms with Crippen molar-refractivity contribution in [1.82, 2.24) is 0 Å². The minimum atomic E-state index is 0.00758. The Morgan fingerprint density at radius 1 is 0.769 bits per heavy atom. The smallest absolute Gasteiger partial charge is 0.123 e. The van der Waals surface area contributed by atoms with Gasteiger partial charge in [-0.15, -0.1) is 0 Å². The van der Waals surface area contributed by atoms with Gasteiger partial charge in [0.2, 0.25) is 0 Å². The van der Waals surface area contributed by atoms with Crippen LogP contribution in [0.3, 0.4) is 0 Å². The zero-order valence-electron chi connectivity index (χ0n) is 17.4. The van der Waals surface area contributed by atoms with Crippen LogP contribution in [0.5, 0.6) is 11.5 Å². The summed E-state index contributed by atoms with van der Waals surface area (Å²) in [6.45, 7) is 10.4. The van der Waals surface area contributed by atoms with Crippen LogP contribution in [0.25, 0.3) is 0 Å². The predicted molar refractivity (Wildman–Crippen MR) is 110 cm³/mol. The first-order valence-corrected chi connectivity index (χ1v) is 10.7. The maximum atomic E-state index is 9.55. The Labute approximate surface area is 161 Å². The number of aliphatic hydroxyl groups excluding tert-OH is 1. The molecule has 1 aromatic rings. The molecule has 150 valence electrons. The minimum absolute atomic E-state index is 0.00758. The van der Waals surface area contributed by atoms with E-state index in [1.54, 1.807) is 0 Å². The highest BCUT2D eigenvalue weighted by Crippen LogP contribution is 2.26. The van der Waals surface area contributed by atoms with Gasteiger partial charge in [0.05, 0.1) is 19.8 Å². The van der Waals surface area contributed by atoms with Crippen molar-refractivity contribution in [3.05, 3.63) is 23.8 Å². The molecular formula is C23H40O3. The second-order valence-electron chi connectivity index (χ2n) is 7.43. The number of hydrogen-bond acceptors (Lipinski definition) is 3. The first-order valence-electron chi connectivity index (χ1n) is 10.7. The number of unbranched alkanes of at least 4 members (excludes halogenated alkanes) is 2. The van der Waals surface area contributed by atoms with Gasteiger partial charge in [0, 0.05) is 6.07 Å². The Balaban J connectivity index is 2.65. The van der Waals surface area contributed by atoms with Crippen molar-refractivity contribution in [2.75, 3.05) is 13.2 Å². The summed E-state index contributed by atoms with van der Waals surface area (Å²) in [5, 5.41) is 9.55. The van der Waals surface area contributed by atoms with Gasteiger partial charge in [-0.1, -0.05) is 66.2 Å². The van der Waals surface area contributed by atoms with Crippen LogP contribution in [-0.2, 0) is 6.61 Å². The number of rotatable bonds is 15. The molecule has 0 radical (unpaired) electrons. The van der Waals surface area contributed by atoms with Crippen molar-refractivity contribution in [1.29, 1.82) is 0 Å². The highest BCUT2D eigenvalue weighted by molar-refractivity contribution is 5.38. The average molecular weight is 365 g/mol. The van der Waals surface area contributed by atoms with Crippen LogP contribution in [0.1, 0.15) is 84.6 Å². The summed E-state index contributed by atoms with van der Waals surface area (Å²) in [5.74, 6) is 2.80. The van der Waals surface area contributed by atoms with Gasteiger partial charge in [0.1, 0.15) is 11.5 Å². The maximum absolute atomic E-state index is 9.55. The van der Waals surface area contributed by atoms with Crippen LogP contribution in [0.4, 0.5) is 0 Å². The minimum Gasteiger partial charge on any atom is -0.493 e. The van der Waals surface area contributed by atoms with Crippen LogP contribution >= 0.6 is 0 Å². The third-order valence-electron chi connectivity index (χ3n) is 5.18. The molecule has 26 heavy (non-hydrogen) atoms. The number of aliphatic hydroxyl groups is 1. The SMILES string of the molecule is CCCC[C@@H](CC)COc1cc(CO)cc(OC[C@@H](CC)CCCC)c1. The number of hydrogen-bond donors (Lipinski definition) is 1. The molecule has 2 atom stereocenters. The van der Waals surface area contributed by atoms with Gasteiger partial charge in [-0.25, -0.2) is 0 Å². The van der Waals surface area contributed by atoms with Crippen LogP contribution in [0, 0.1) is 11.8 Å². The number of benzene rings is 1. The molecule has 0 aliphatic carbocycles. The third-order valence-corrected chi connectivity index (χ3v) is 5.18. The molecule has 0 fully saturated rings. The van der Waals surface area contributed by atoms with Gasteiger partial charge in [-0.05, 0) is 42.4 Å². The Kier molecular flexibility index (Phi) is 12.2. The van der Waals surface area contributed by atoms with Crippen LogP contribution in [0.2, 0.25) is 0 Å². The zero-order valence-corrected chi connectivity index (χ0v) is 17.4. The normalized spacial score (nSPS) is 13.4. The largest absolute Gasteiger partial charge is 0.493 e. The summed E-state index contributed by atoms with van der Waals surface area (Å²) in [7, 11) is 0. The van der Waals surface area contributed by atoms with E-state index in [4.69, 9.17) is 9.47 Å². The topological polar surface area (TPSA) is 38.7 Å². The van der Waals surface area contributed by atoms with Crippen molar-refractivity contribution in [2.24, 2.45) is 11.8 Å². The van der Waals surface area contributed by atoms with Gasteiger partial charge in [0.25, 0.3) is 0 Å². The molecule has 3 heteroatoms. The second-order valence-corrected chi connectivity index (χ2v) is 7.43. The van der Waals surface area contributed by atoms with E-state index in [0.29, 0.717) is 11.8 Å². The molecule has 0 aliphatic rings. The molecule has 1 aromatic carbocycles. The van der Waals surface area contributed by atoms with Crippen molar-refractivity contribution in [3.8, 4) is 11.5 Å². The van der Waals surface area contributed by atoms with Crippen molar-refractivity contribution in [3.63, 3.8) is 0 Å². The van der Waals surface area contributed by atoms with Gasteiger partial charge < -0.3 is 14.6 Å². The molecule has 0 bridgehead atoms. The van der Waals surface area contributed by atoms with Crippen LogP contribution < -0.4 is 9.47 Å². The Hall–Kier alpha value is -1.22. The average Bonchev–Trinajstić information content (AvgIpc) is 2.68. The first kappa shape index (κ1) is 22.8. The molecule has 0 aromatic heterocycles. The zero-order chi connectivity index (χ0) is 19.2. The lowest BCUT2D eigenvalue weighted by Gasteiger charge is -2.18. The van der Waals surface area contributed by atoms with E-state index in [1.165, 1.54) is 38.5 Å². The fourth-order valence-corrected chi connectivity index (χ4v) is 3.11. The lowest BCUT2D eigenvalue weighted by Crippen LogP contribution is -2.13. The molecule has 0 spiro atoms. The molecule has 0 heterocycles. The molecule has 1 rings (SSSR count). The Morgan fingerprint density at radius 2 is 1.23 bits per heavy atom. The summed E-state index contributed by atoms with van der Waals surface area (Å²) < 4.78 is 12.1. The van der Waals surface area contributed by atoms with E-state index in [2.05, 4.69) is 27.7 Å². The molecule has 0 saturated carbocycles. The van der Waals surface area contributed by atoms with Crippen molar-refractivity contribution < 1.29 is 14.6 Å². The molecule has 0 amide bonds. The van der Waals surface area contributed by atoms with Crippen LogP contribution in [0.15, 0.2) is 18.2 Å². The van der Waals surface area contributed by atoms with Gasteiger partial charge >= 0.3 is 0 Å². The monoisotopic (exact) mass is 364 g/mol. The molecule has 1 N–H and O–H groups in total. The lowest BCUT2D eigenvalue weighted by molar-refractivity contribution is 0.221. The highest BCUT2D eigenvalue weighted by atomic mass is 16.5. The molecule has 3 nitrogen and oxygen atoms in total. The summed E-state index contributed by atoms with van der Waals surface area (Å²) >= 11 is 0. The van der Waals surface area contributed by atoms with E-state index in [1.807, 2.05) is 18.2 Å². The predicted octanol–water partition coefficient (Wildman–Crippen LogP) is 6.37. The summed E-state index contributed by atoms with van der Waals surface area (Å²) in [6, 6.07) is 5.82. The van der Waals surface area contributed by atoms with Crippen LogP contribution in [-0.4, -0.2) is 18.3 Å². The fraction of sp³-hybridized carbons (Fsp3) is 0.739. The second kappa shape index (κ2) is 13.9. The molecule has 0 saturated heterocycles. The Morgan fingerprint density at radius 3 is 1.58 bits per heavy atom. The van der Waals surface area contributed by atoms with Gasteiger partial charge in [-0.2, -0.15) is 0 Å². The van der Waals surface area contributed by atoms with Gasteiger partial charge in [0.15, 0.2) is 0 Å². The van der Waals surface area contributed by atoms with E-state index < -0.39 is 0 Å². The van der Waals surface area contributed by atoms with E-state index in [0.717, 1.165) is 43.1 Å². The lowest BCUT2D eigenvalue weighted by atomic mass is 10.0. The third kappa shape index (κ3) is 8.93. The summed E-state index contributed by atoms with van der Waals surface area (Å²) in [6.07, 6.45) is 9.66. The van der Waals surface area contributed by atoms with E-state index >= 15 is 0 Å². The quantitative estimate of drug-likeness (QED) is 0.393. The highest BCUT2D eigenvalue weighted by Gasteiger charge is 2.11. The summed E-state index contributed by atoms with van der Waals surface area (Å²) in [4.78, 5) is 0. The standard InChI is InChI=1S/C23H40O3/c1-5-9-11-19(7-3)17-25-22-13-21(16-24)14-23(15-22)26-18-20(8-4)12-10-6-2/h13-15,19-20,24H,5-12,16-18H2,1-4H3/t19-,20+. The molecule has 0 unspecified atom stereocenters. The van der Waals surface area contributed by atoms with Crippen molar-refractivity contribution >= 4 is 0 Å². The van der Waals surface area contributed by atoms with Crippen molar-refractivity contribution in [2.45, 2.75) is 85.7 Å². The van der Waals surface area contributed by atoms with E-state index in [9.17, 15) is 5.11 Å². The fourth-order valence-electron chi connectivity index (χ4n) is 3.11. The Bertz CT molecular complexity index is 434.